The van der Waals surface area contributed by atoms with E-state index in [0.717, 1.165) is 11.4 Å². The average Bonchev–Trinajstić information content (AvgIpc) is 4.08. The molecule has 60 heavy (non-hydrogen) atoms. The fourth-order valence-electron chi connectivity index (χ4n) is 10.1. The first-order chi connectivity index (χ1) is 29.7. The Labute approximate surface area is 351 Å². The molecule has 0 N–H and O–H groups in total. The van der Waals surface area contributed by atoms with E-state index in [-0.39, 0.29) is 5.41 Å². The van der Waals surface area contributed by atoms with Crippen molar-refractivity contribution >= 4 is 38.6 Å². The number of benzene rings is 10. The number of hydrogen-bond acceptors (Lipinski definition) is 1. The third-order valence-corrected chi connectivity index (χ3v) is 13.1. The molecule has 1 heteroatoms. The van der Waals surface area contributed by atoms with Crippen molar-refractivity contribution in [2.45, 2.75) is 18.3 Å². The van der Waals surface area contributed by atoms with Crippen LogP contribution in [0.15, 0.2) is 224 Å². The summed E-state index contributed by atoms with van der Waals surface area (Å²) in [6, 6.07) is 82.9. The third kappa shape index (κ3) is 5.62. The SMILES string of the molecule is c1ccc(-c2ccc3cccc(-c4cccc(-c5ccc(N(c6ccc(-c7cccc8ccccc78)cc6)c6cccc7c6C6(CC6)c6ccccc6-7)cc5)c4)c3c2)cc1. The van der Waals surface area contributed by atoms with Crippen molar-refractivity contribution in [3.63, 3.8) is 0 Å². The highest BCUT2D eigenvalue weighted by atomic mass is 15.1. The minimum Gasteiger partial charge on any atom is -0.310 e. The molecular formula is C59H41N. The summed E-state index contributed by atoms with van der Waals surface area (Å²) in [7, 11) is 0. The summed E-state index contributed by atoms with van der Waals surface area (Å²) < 4.78 is 0. The predicted molar refractivity (Wildman–Crippen MR) is 253 cm³/mol. The normalized spacial score (nSPS) is 13.3. The van der Waals surface area contributed by atoms with Crippen LogP contribution in [0.25, 0.3) is 77.2 Å². The lowest BCUT2D eigenvalue weighted by molar-refractivity contribution is 0.877. The van der Waals surface area contributed by atoms with E-state index in [1.54, 1.807) is 0 Å². The van der Waals surface area contributed by atoms with Gasteiger partial charge in [0.2, 0.25) is 0 Å². The molecule has 0 heterocycles. The highest BCUT2D eigenvalue weighted by molar-refractivity contribution is 6.00. The summed E-state index contributed by atoms with van der Waals surface area (Å²) in [5.74, 6) is 0. The fourth-order valence-corrected chi connectivity index (χ4v) is 10.1. The summed E-state index contributed by atoms with van der Waals surface area (Å²) in [5.41, 5.74) is 19.1. The van der Waals surface area contributed by atoms with Gasteiger partial charge in [0.25, 0.3) is 0 Å². The van der Waals surface area contributed by atoms with E-state index < -0.39 is 0 Å². The van der Waals surface area contributed by atoms with Crippen LogP contribution in [-0.4, -0.2) is 0 Å². The molecule has 0 bridgehead atoms. The third-order valence-electron chi connectivity index (χ3n) is 13.1. The number of fused-ring (bicyclic) bond motifs is 7. The van der Waals surface area contributed by atoms with Gasteiger partial charge in [-0.2, -0.15) is 0 Å². The van der Waals surface area contributed by atoms with E-state index in [1.807, 2.05) is 0 Å². The van der Waals surface area contributed by atoms with E-state index in [9.17, 15) is 0 Å². The molecule has 282 valence electrons. The zero-order chi connectivity index (χ0) is 39.6. The molecule has 0 amide bonds. The molecule has 1 nitrogen and oxygen atoms in total. The Morgan fingerprint density at radius 3 is 1.62 bits per heavy atom. The van der Waals surface area contributed by atoms with Gasteiger partial charge in [0.1, 0.15) is 0 Å². The van der Waals surface area contributed by atoms with Gasteiger partial charge < -0.3 is 4.90 Å². The van der Waals surface area contributed by atoms with Crippen LogP contribution in [0.1, 0.15) is 24.0 Å². The molecule has 0 radical (unpaired) electrons. The number of rotatable bonds is 7. The lowest BCUT2D eigenvalue weighted by Gasteiger charge is -2.30. The average molecular weight is 764 g/mol. The Bertz CT molecular complexity index is 3240. The van der Waals surface area contributed by atoms with Crippen molar-refractivity contribution in [1.82, 2.24) is 0 Å². The van der Waals surface area contributed by atoms with Crippen LogP contribution in [-0.2, 0) is 5.41 Å². The molecule has 2 aliphatic rings. The molecule has 12 rings (SSSR count). The predicted octanol–water partition coefficient (Wildman–Crippen LogP) is 16.2. The maximum Gasteiger partial charge on any atom is 0.0508 e. The molecule has 1 fully saturated rings. The topological polar surface area (TPSA) is 3.24 Å². The number of hydrogen-bond donors (Lipinski definition) is 0. The Kier molecular flexibility index (Phi) is 7.96. The van der Waals surface area contributed by atoms with Gasteiger partial charge in [-0.1, -0.05) is 182 Å². The van der Waals surface area contributed by atoms with Gasteiger partial charge in [-0.25, -0.2) is 0 Å². The standard InChI is InChI=1S/C59H41N/c1-2-12-40(13-3-1)46-27-26-43-16-10-22-52(55(43)39-46)47-18-8-17-45(38-47)41-28-32-48(33-29-41)60(49-34-30-44(31-35-49)51-21-9-15-42-14-4-5-19-50(42)51)57-25-11-23-54-53-20-6-7-24-56(53)59(36-37-59)58(54)57/h1-35,38-39H,36-37H2. The Hall–Kier alpha value is -7.48. The van der Waals surface area contributed by atoms with Crippen molar-refractivity contribution < 1.29 is 0 Å². The molecule has 1 spiro atoms. The highest BCUT2D eigenvalue weighted by Gasteiger charge is 2.54. The smallest absolute Gasteiger partial charge is 0.0508 e. The van der Waals surface area contributed by atoms with E-state index in [0.29, 0.717) is 0 Å². The van der Waals surface area contributed by atoms with Gasteiger partial charge in [0.05, 0.1) is 5.69 Å². The van der Waals surface area contributed by atoms with Crippen molar-refractivity contribution in [1.29, 1.82) is 0 Å². The molecule has 2 aliphatic carbocycles. The summed E-state index contributed by atoms with van der Waals surface area (Å²) >= 11 is 0. The minimum atomic E-state index is 0.0769. The van der Waals surface area contributed by atoms with Gasteiger partial charge in [0.15, 0.2) is 0 Å². The highest BCUT2D eigenvalue weighted by Crippen LogP contribution is 2.65. The Morgan fingerprint density at radius 1 is 0.317 bits per heavy atom. The van der Waals surface area contributed by atoms with E-state index in [2.05, 4.69) is 229 Å². The van der Waals surface area contributed by atoms with Crippen molar-refractivity contribution in [2.75, 3.05) is 4.90 Å². The monoisotopic (exact) mass is 763 g/mol. The molecule has 0 aliphatic heterocycles. The zero-order valence-corrected chi connectivity index (χ0v) is 33.2. The van der Waals surface area contributed by atoms with Crippen molar-refractivity contribution in [3.8, 4) is 55.6 Å². The van der Waals surface area contributed by atoms with Gasteiger partial charge in [0, 0.05) is 16.8 Å². The molecule has 10 aromatic carbocycles. The first-order valence-electron chi connectivity index (χ1n) is 21.1. The summed E-state index contributed by atoms with van der Waals surface area (Å²) in [6.45, 7) is 0. The van der Waals surface area contributed by atoms with Crippen molar-refractivity contribution in [2.24, 2.45) is 0 Å². The Balaban J connectivity index is 0.950. The quantitative estimate of drug-likeness (QED) is 0.156. The van der Waals surface area contributed by atoms with Gasteiger partial charge >= 0.3 is 0 Å². The lowest BCUT2D eigenvalue weighted by atomic mass is 9.91. The maximum absolute atomic E-state index is 2.50. The maximum atomic E-state index is 2.50. The summed E-state index contributed by atoms with van der Waals surface area (Å²) in [6.07, 6.45) is 2.36. The fraction of sp³-hybridized carbons (Fsp3) is 0.0508. The second-order valence-electron chi connectivity index (χ2n) is 16.5. The van der Waals surface area contributed by atoms with Gasteiger partial charge in [-0.15, -0.1) is 0 Å². The van der Waals surface area contributed by atoms with E-state index in [4.69, 9.17) is 0 Å². The second kappa shape index (κ2) is 13.8. The van der Waals surface area contributed by atoms with Crippen LogP contribution in [0.5, 0.6) is 0 Å². The van der Waals surface area contributed by atoms with Crippen LogP contribution in [0.3, 0.4) is 0 Å². The molecule has 0 saturated heterocycles. The van der Waals surface area contributed by atoms with Gasteiger partial charge in [-0.05, 0) is 144 Å². The molecule has 1 saturated carbocycles. The molecular weight excluding hydrogens is 723 g/mol. The Morgan fingerprint density at radius 2 is 0.833 bits per heavy atom. The number of nitrogens with zero attached hydrogens (tertiary/aromatic N) is 1. The van der Waals surface area contributed by atoms with Gasteiger partial charge in [-0.3, -0.25) is 0 Å². The first-order valence-corrected chi connectivity index (χ1v) is 21.1. The van der Waals surface area contributed by atoms with E-state index >= 15 is 0 Å². The van der Waals surface area contributed by atoms with Crippen LogP contribution >= 0.6 is 0 Å². The summed E-state index contributed by atoms with van der Waals surface area (Å²) in [4.78, 5) is 2.50. The largest absolute Gasteiger partial charge is 0.310 e. The minimum absolute atomic E-state index is 0.0769. The second-order valence-corrected chi connectivity index (χ2v) is 16.5. The van der Waals surface area contributed by atoms with Crippen LogP contribution in [0, 0.1) is 0 Å². The summed E-state index contributed by atoms with van der Waals surface area (Å²) in [5, 5.41) is 5.04. The number of anilines is 3. The van der Waals surface area contributed by atoms with Crippen molar-refractivity contribution in [3.05, 3.63) is 236 Å². The molecule has 0 aromatic heterocycles. The zero-order valence-electron chi connectivity index (χ0n) is 33.2. The molecule has 0 unspecified atom stereocenters. The van der Waals surface area contributed by atoms with Crippen LogP contribution in [0.2, 0.25) is 0 Å². The molecule has 0 atom stereocenters. The first kappa shape index (κ1) is 34.6. The molecule has 10 aromatic rings. The lowest BCUT2D eigenvalue weighted by Crippen LogP contribution is -2.15. The van der Waals surface area contributed by atoms with Crippen LogP contribution < -0.4 is 4.90 Å². The van der Waals surface area contributed by atoms with E-state index in [1.165, 1.54) is 107 Å². The van der Waals surface area contributed by atoms with Crippen LogP contribution in [0.4, 0.5) is 17.1 Å².